The molecule has 3 rings (SSSR count). The largest absolute Gasteiger partial charge is 0.378 e. The molecule has 5 heteroatoms. The maximum Gasteiger partial charge on any atom is 0.181 e. The summed E-state index contributed by atoms with van der Waals surface area (Å²) in [7, 11) is 0. The van der Waals surface area contributed by atoms with Crippen LogP contribution in [-0.2, 0) is 4.74 Å². The molecule has 1 aromatic heterocycles. The van der Waals surface area contributed by atoms with Gasteiger partial charge in [-0.15, -0.1) is 0 Å². The molecular weight excluding hydrogens is 216 g/mol. The molecule has 0 unspecified atom stereocenters. The van der Waals surface area contributed by atoms with Crippen LogP contribution in [0.2, 0.25) is 0 Å². The summed E-state index contributed by atoms with van der Waals surface area (Å²) in [5, 5.41) is 10.4. The Bertz CT molecular complexity index is 519. The Morgan fingerprint density at radius 2 is 2.29 bits per heavy atom. The number of nitrogens with zero attached hydrogens (tertiary/aromatic N) is 2. The van der Waals surface area contributed by atoms with Crippen molar-refractivity contribution in [1.82, 2.24) is 15.2 Å². The van der Waals surface area contributed by atoms with Gasteiger partial charge in [0.25, 0.3) is 0 Å². The number of anilines is 1. The predicted octanol–water partition coefficient (Wildman–Crippen LogP) is 1.59. The van der Waals surface area contributed by atoms with Gasteiger partial charge in [-0.25, -0.2) is 4.98 Å². The minimum Gasteiger partial charge on any atom is -0.378 e. The number of aryl methyl sites for hydroxylation is 1. The first kappa shape index (κ1) is 10.3. The van der Waals surface area contributed by atoms with Crippen molar-refractivity contribution in [3.05, 3.63) is 30.1 Å². The predicted molar refractivity (Wildman–Crippen MR) is 64.8 cm³/mol. The molecule has 0 radical (unpaired) electrons. The standard InChI is InChI=1S/C12H14N4O/c1-8-13-12(16-15-8)9-3-2-4-10(5-9)14-11-6-17-7-11/h2-5,11,14H,6-7H2,1H3,(H,13,15,16). The van der Waals surface area contributed by atoms with Gasteiger partial charge in [-0.3, -0.25) is 5.10 Å². The molecule has 0 amide bonds. The number of ether oxygens (including phenoxy) is 1. The van der Waals surface area contributed by atoms with Crippen LogP contribution in [-0.4, -0.2) is 34.4 Å². The molecule has 1 aliphatic rings. The van der Waals surface area contributed by atoms with Crippen molar-refractivity contribution in [2.24, 2.45) is 0 Å². The number of benzene rings is 1. The smallest absolute Gasteiger partial charge is 0.181 e. The third kappa shape index (κ3) is 2.14. The second-order valence-electron chi connectivity index (χ2n) is 4.20. The Morgan fingerprint density at radius 1 is 1.41 bits per heavy atom. The second-order valence-corrected chi connectivity index (χ2v) is 4.20. The molecule has 0 saturated carbocycles. The highest BCUT2D eigenvalue weighted by atomic mass is 16.5. The first-order valence-corrected chi connectivity index (χ1v) is 5.65. The molecule has 1 saturated heterocycles. The van der Waals surface area contributed by atoms with Gasteiger partial charge in [0.15, 0.2) is 5.82 Å². The summed E-state index contributed by atoms with van der Waals surface area (Å²) >= 11 is 0. The van der Waals surface area contributed by atoms with Crippen molar-refractivity contribution in [3.8, 4) is 11.4 Å². The fourth-order valence-electron chi connectivity index (χ4n) is 1.77. The number of hydrogen-bond donors (Lipinski definition) is 2. The van der Waals surface area contributed by atoms with Crippen molar-refractivity contribution in [2.45, 2.75) is 13.0 Å². The summed E-state index contributed by atoms with van der Waals surface area (Å²) < 4.78 is 5.13. The van der Waals surface area contributed by atoms with Gasteiger partial charge in [0.05, 0.1) is 19.3 Å². The average Bonchev–Trinajstić information content (AvgIpc) is 2.71. The zero-order valence-electron chi connectivity index (χ0n) is 9.60. The Balaban J connectivity index is 1.82. The Labute approximate surface area is 99.2 Å². The topological polar surface area (TPSA) is 62.8 Å². The van der Waals surface area contributed by atoms with E-state index in [1.54, 1.807) is 0 Å². The van der Waals surface area contributed by atoms with Crippen molar-refractivity contribution < 1.29 is 4.74 Å². The molecule has 17 heavy (non-hydrogen) atoms. The highest BCUT2D eigenvalue weighted by Gasteiger charge is 2.17. The summed E-state index contributed by atoms with van der Waals surface area (Å²) in [6.07, 6.45) is 0. The van der Waals surface area contributed by atoms with Gasteiger partial charge in [0.2, 0.25) is 0 Å². The van der Waals surface area contributed by atoms with Gasteiger partial charge < -0.3 is 10.1 Å². The zero-order valence-corrected chi connectivity index (χ0v) is 9.60. The molecule has 2 heterocycles. The third-order valence-electron chi connectivity index (χ3n) is 2.73. The van der Waals surface area contributed by atoms with E-state index in [4.69, 9.17) is 4.74 Å². The average molecular weight is 230 g/mol. The van der Waals surface area contributed by atoms with E-state index in [1.807, 2.05) is 25.1 Å². The Morgan fingerprint density at radius 3 is 2.94 bits per heavy atom. The molecule has 1 fully saturated rings. The van der Waals surface area contributed by atoms with Crippen LogP contribution in [0, 0.1) is 6.92 Å². The number of rotatable bonds is 3. The highest BCUT2D eigenvalue weighted by Crippen LogP contribution is 2.20. The van der Waals surface area contributed by atoms with Crippen molar-refractivity contribution in [1.29, 1.82) is 0 Å². The maximum absolute atomic E-state index is 5.13. The molecule has 0 bridgehead atoms. The van der Waals surface area contributed by atoms with Gasteiger partial charge >= 0.3 is 0 Å². The fraction of sp³-hybridized carbons (Fsp3) is 0.333. The van der Waals surface area contributed by atoms with E-state index in [-0.39, 0.29) is 0 Å². The number of hydrogen-bond acceptors (Lipinski definition) is 4. The lowest BCUT2D eigenvalue weighted by atomic mass is 10.1. The van der Waals surface area contributed by atoms with E-state index < -0.39 is 0 Å². The molecule has 2 N–H and O–H groups in total. The highest BCUT2D eigenvalue weighted by molar-refractivity contribution is 5.62. The lowest BCUT2D eigenvalue weighted by molar-refractivity contribution is 0.0211. The summed E-state index contributed by atoms with van der Waals surface area (Å²) in [4.78, 5) is 4.32. The fourth-order valence-corrected chi connectivity index (χ4v) is 1.77. The van der Waals surface area contributed by atoms with Crippen molar-refractivity contribution in [2.75, 3.05) is 18.5 Å². The lowest BCUT2D eigenvalue weighted by Gasteiger charge is -2.27. The molecule has 1 aliphatic heterocycles. The van der Waals surface area contributed by atoms with Crippen molar-refractivity contribution >= 4 is 5.69 Å². The zero-order chi connectivity index (χ0) is 11.7. The van der Waals surface area contributed by atoms with Gasteiger partial charge in [-0.2, -0.15) is 5.10 Å². The number of aromatic nitrogens is 3. The Hall–Kier alpha value is -1.88. The van der Waals surface area contributed by atoms with Crippen molar-refractivity contribution in [3.63, 3.8) is 0 Å². The number of nitrogens with one attached hydrogen (secondary N) is 2. The van der Waals surface area contributed by atoms with Crippen LogP contribution in [0.3, 0.4) is 0 Å². The van der Waals surface area contributed by atoms with E-state index in [0.717, 1.165) is 36.1 Å². The summed E-state index contributed by atoms with van der Waals surface area (Å²) in [5.41, 5.74) is 2.10. The lowest BCUT2D eigenvalue weighted by Crippen LogP contribution is -2.40. The van der Waals surface area contributed by atoms with Crippen LogP contribution < -0.4 is 5.32 Å². The quantitative estimate of drug-likeness (QED) is 0.840. The van der Waals surface area contributed by atoms with E-state index >= 15 is 0 Å². The summed E-state index contributed by atoms with van der Waals surface area (Å²) in [6.45, 7) is 3.46. The van der Waals surface area contributed by atoms with Crippen LogP contribution in [0.1, 0.15) is 5.82 Å². The minimum atomic E-state index is 0.430. The second kappa shape index (κ2) is 4.18. The number of H-pyrrole nitrogens is 1. The van der Waals surface area contributed by atoms with Crippen LogP contribution in [0.15, 0.2) is 24.3 Å². The van der Waals surface area contributed by atoms with E-state index in [0.29, 0.717) is 6.04 Å². The van der Waals surface area contributed by atoms with E-state index in [2.05, 4.69) is 26.6 Å². The molecule has 1 aromatic carbocycles. The minimum absolute atomic E-state index is 0.430. The van der Waals surface area contributed by atoms with Crippen LogP contribution in [0.5, 0.6) is 0 Å². The monoisotopic (exact) mass is 230 g/mol. The molecule has 0 atom stereocenters. The van der Waals surface area contributed by atoms with Gasteiger partial charge in [0.1, 0.15) is 5.82 Å². The SMILES string of the molecule is Cc1nc(-c2cccc(NC3COC3)c2)n[nH]1. The molecule has 88 valence electrons. The van der Waals surface area contributed by atoms with E-state index in [1.165, 1.54) is 0 Å². The molecule has 0 aliphatic carbocycles. The molecular formula is C12H14N4O. The summed E-state index contributed by atoms with van der Waals surface area (Å²) in [6, 6.07) is 8.54. The van der Waals surface area contributed by atoms with Gasteiger partial charge in [0, 0.05) is 11.3 Å². The van der Waals surface area contributed by atoms with Gasteiger partial charge in [-0.1, -0.05) is 12.1 Å². The normalized spacial score (nSPS) is 15.6. The first-order valence-electron chi connectivity index (χ1n) is 5.65. The molecule has 2 aromatic rings. The Kier molecular flexibility index (Phi) is 2.53. The molecule has 5 nitrogen and oxygen atoms in total. The van der Waals surface area contributed by atoms with Crippen LogP contribution in [0.4, 0.5) is 5.69 Å². The van der Waals surface area contributed by atoms with E-state index in [9.17, 15) is 0 Å². The molecule has 0 spiro atoms. The first-order chi connectivity index (χ1) is 8.31. The van der Waals surface area contributed by atoms with Crippen LogP contribution >= 0.6 is 0 Å². The van der Waals surface area contributed by atoms with Gasteiger partial charge in [-0.05, 0) is 19.1 Å². The summed E-state index contributed by atoms with van der Waals surface area (Å²) in [5.74, 6) is 1.56. The third-order valence-corrected chi connectivity index (χ3v) is 2.73. The number of aromatic amines is 1. The maximum atomic E-state index is 5.13. The van der Waals surface area contributed by atoms with Crippen LogP contribution in [0.25, 0.3) is 11.4 Å².